The smallest absolute Gasteiger partial charge is 0.268 e. The Morgan fingerprint density at radius 3 is 2.39 bits per heavy atom. The number of amides is 1. The first-order valence-corrected chi connectivity index (χ1v) is 9.26. The van der Waals surface area contributed by atoms with Gasteiger partial charge in [0.05, 0.1) is 5.56 Å². The number of carbonyl (C=O) groups is 1. The number of aliphatic hydroxyl groups is 1. The van der Waals surface area contributed by atoms with E-state index in [0.29, 0.717) is 5.56 Å². The fourth-order valence-electron chi connectivity index (χ4n) is 3.25. The first-order valence-electron chi connectivity index (χ1n) is 9.26. The lowest BCUT2D eigenvalue weighted by atomic mass is 10.0. The summed E-state index contributed by atoms with van der Waals surface area (Å²) in [6.45, 7) is 1.40. The highest BCUT2D eigenvalue weighted by Gasteiger charge is 2.22. The molecular weight excluding hydrogens is 397 g/mol. The zero-order valence-electron chi connectivity index (χ0n) is 16.8. The van der Waals surface area contributed by atoms with Crippen molar-refractivity contribution in [2.24, 2.45) is 0 Å². The van der Waals surface area contributed by atoms with E-state index in [0.717, 1.165) is 15.7 Å². The van der Waals surface area contributed by atoms with Crippen molar-refractivity contribution < 1.29 is 19.4 Å². The Balaban J connectivity index is 1.95. The summed E-state index contributed by atoms with van der Waals surface area (Å²) in [4.78, 5) is 13.9. The molecule has 2 N–H and O–H groups in total. The predicted molar refractivity (Wildman–Crippen MR) is 113 cm³/mol. The van der Waals surface area contributed by atoms with Gasteiger partial charge in [0.25, 0.3) is 5.91 Å². The summed E-state index contributed by atoms with van der Waals surface area (Å²) in [5.41, 5.74) is -0.0481. The van der Waals surface area contributed by atoms with Gasteiger partial charge in [-0.15, -0.1) is 0 Å². The number of hydrogen-bond donors (Lipinski definition) is 2. The van der Waals surface area contributed by atoms with E-state index < -0.39 is 23.1 Å². The Labute approximate surface area is 178 Å². The van der Waals surface area contributed by atoms with Crippen molar-refractivity contribution in [3.63, 3.8) is 0 Å². The average Bonchev–Trinajstić information content (AvgIpc) is 2.76. The number of hydrogen-bond acceptors (Lipinski definition) is 5. The van der Waals surface area contributed by atoms with Crippen LogP contribution < -0.4 is 0 Å². The number of nitrogens with zero attached hydrogens (tertiary/aromatic N) is 3. The first-order chi connectivity index (χ1) is 14.8. The lowest BCUT2D eigenvalue weighted by Crippen LogP contribution is -2.28. The zero-order valence-corrected chi connectivity index (χ0v) is 16.8. The number of aryl methyl sites for hydroxylation is 1. The van der Waals surface area contributed by atoms with E-state index in [9.17, 15) is 24.7 Å². The van der Waals surface area contributed by atoms with Gasteiger partial charge in [-0.05, 0) is 47.5 Å². The molecule has 0 saturated carbocycles. The van der Waals surface area contributed by atoms with Gasteiger partial charge in [-0.25, -0.2) is 4.39 Å². The van der Waals surface area contributed by atoms with Crippen LogP contribution in [0.1, 0.15) is 22.3 Å². The fraction of sp³-hybridized carbons (Fsp3) is 0.125. The summed E-state index contributed by atoms with van der Waals surface area (Å²) in [6.07, 6.45) is 0. The standard InChI is InChI=1S/C24H18FN3O3/c1-14-7-17(9-18(11-26)22(14)29)23(30)20(12-27)24(31)28(2)13-19-8-15-5-3-4-6-16(15)10-21(19)25/h3-10,29-30H,13H2,1-2H3/b23-20-. The van der Waals surface area contributed by atoms with E-state index in [-0.39, 0.29) is 29.0 Å². The van der Waals surface area contributed by atoms with Crippen molar-refractivity contribution in [1.29, 1.82) is 10.5 Å². The molecule has 0 fully saturated rings. The highest BCUT2D eigenvalue weighted by atomic mass is 19.1. The van der Waals surface area contributed by atoms with Crippen molar-refractivity contribution in [1.82, 2.24) is 4.90 Å². The molecule has 0 bridgehead atoms. The molecule has 154 valence electrons. The topological polar surface area (TPSA) is 108 Å². The number of benzene rings is 3. The summed E-state index contributed by atoms with van der Waals surface area (Å²) in [5, 5.41) is 40.6. The minimum Gasteiger partial charge on any atom is -0.506 e. The van der Waals surface area contributed by atoms with E-state index in [1.54, 1.807) is 30.3 Å². The van der Waals surface area contributed by atoms with Crippen LogP contribution >= 0.6 is 0 Å². The number of fused-ring (bicyclic) bond motifs is 1. The Kier molecular flexibility index (Phi) is 5.90. The quantitative estimate of drug-likeness (QED) is 0.375. The summed E-state index contributed by atoms with van der Waals surface area (Å²) in [6, 6.07) is 16.3. The number of aromatic hydroxyl groups is 1. The van der Waals surface area contributed by atoms with Gasteiger partial charge in [0.15, 0.2) is 5.57 Å². The number of halogens is 1. The van der Waals surface area contributed by atoms with Crippen molar-refractivity contribution in [3.05, 3.63) is 82.2 Å². The van der Waals surface area contributed by atoms with Gasteiger partial charge in [-0.3, -0.25) is 4.79 Å². The lowest BCUT2D eigenvalue weighted by molar-refractivity contribution is -0.126. The van der Waals surface area contributed by atoms with Crippen molar-refractivity contribution in [3.8, 4) is 17.9 Å². The summed E-state index contributed by atoms with van der Waals surface area (Å²) in [7, 11) is 1.39. The molecule has 6 nitrogen and oxygen atoms in total. The maximum absolute atomic E-state index is 14.5. The maximum Gasteiger partial charge on any atom is 0.268 e. The molecule has 0 aliphatic carbocycles. The van der Waals surface area contributed by atoms with E-state index in [4.69, 9.17) is 5.26 Å². The fourth-order valence-corrected chi connectivity index (χ4v) is 3.25. The number of phenols is 1. The molecule has 3 rings (SSSR count). The van der Waals surface area contributed by atoms with Gasteiger partial charge < -0.3 is 15.1 Å². The minimum atomic E-state index is -0.809. The molecule has 0 radical (unpaired) electrons. The molecule has 0 aromatic heterocycles. The van der Waals surface area contributed by atoms with E-state index >= 15 is 0 Å². The molecule has 0 saturated heterocycles. The van der Waals surface area contributed by atoms with Crippen LogP contribution in [0.15, 0.2) is 54.1 Å². The molecule has 0 heterocycles. The Hall–Kier alpha value is -4.36. The number of rotatable bonds is 4. The molecule has 0 aliphatic rings. The minimum absolute atomic E-state index is 0.0436. The Morgan fingerprint density at radius 2 is 1.77 bits per heavy atom. The van der Waals surface area contributed by atoms with E-state index in [1.165, 1.54) is 32.2 Å². The summed E-state index contributed by atoms with van der Waals surface area (Å²) in [5.74, 6) is -2.17. The van der Waals surface area contributed by atoms with E-state index in [1.807, 2.05) is 12.1 Å². The first kappa shape index (κ1) is 21.4. The normalized spacial score (nSPS) is 11.4. The Morgan fingerprint density at radius 1 is 1.13 bits per heavy atom. The molecule has 7 heteroatoms. The molecule has 0 spiro atoms. The summed E-state index contributed by atoms with van der Waals surface area (Å²) >= 11 is 0. The third kappa shape index (κ3) is 4.17. The third-order valence-corrected chi connectivity index (χ3v) is 4.93. The number of aliphatic hydroxyl groups excluding tert-OH is 1. The van der Waals surface area contributed by atoms with Gasteiger partial charge >= 0.3 is 0 Å². The van der Waals surface area contributed by atoms with Crippen molar-refractivity contribution >= 4 is 22.4 Å². The van der Waals surface area contributed by atoms with Gasteiger partial charge in [0, 0.05) is 24.7 Å². The highest BCUT2D eigenvalue weighted by molar-refractivity contribution is 6.03. The molecule has 0 atom stereocenters. The predicted octanol–water partition coefficient (Wildman–Crippen LogP) is 4.32. The molecular formula is C24H18FN3O3. The van der Waals surface area contributed by atoms with Crippen LogP contribution in [0, 0.1) is 35.4 Å². The number of nitriles is 2. The van der Waals surface area contributed by atoms with Crippen LogP contribution in [0.4, 0.5) is 4.39 Å². The van der Waals surface area contributed by atoms with Crippen molar-refractivity contribution in [2.45, 2.75) is 13.5 Å². The van der Waals surface area contributed by atoms with Crippen molar-refractivity contribution in [2.75, 3.05) is 7.05 Å². The molecule has 0 unspecified atom stereocenters. The van der Waals surface area contributed by atoms with Gasteiger partial charge in [0.2, 0.25) is 0 Å². The largest absolute Gasteiger partial charge is 0.506 e. The molecule has 3 aromatic carbocycles. The molecule has 1 amide bonds. The number of carbonyl (C=O) groups excluding carboxylic acids is 1. The SMILES string of the molecule is Cc1cc(/C(O)=C(\C#N)C(=O)N(C)Cc2cc3ccccc3cc2F)cc(C#N)c1O. The van der Waals surface area contributed by atoms with Gasteiger partial charge in [0.1, 0.15) is 29.5 Å². The monoisotopic (exact) mass is 415 g/mol. The maximum atomic E-state index is 14.5. The van der Waals surface area contributed by atoms with Crippen LogP contribution in [0.2, 0.25) is 0 Å². The molecule has 0 aliphatic heterocycles. The van der Waals surface area contributed by atoms with Crippen LogP contribution in [-0.4, -0.2) is 28.1 Å². The highest BCUT2D eigenvalue weighted by Crippen LogP contribution is 2.28. The Bertz CT molecular complexity index is 1320. The number of likely N-dealkylation sites (N-methyl/N-ethyl adjacent to an activating group) is 1. The van der Waals surface area contributed by atoms with Crippen LogP contribution in [-0.2, 0) is 11.3 Å². The second-order valence-corrected chi connectivity index (χ2v) is 7.09. The second kappa shape index (κ2) is 8.56. The zero-order chi connectivity index (χ0) is 22.7. The van der Waals surface area contributed by atoms with E-state index in [2.05, 4.69) is 0 Å². The van der Waals surface area contributed by atoms with Crippen LogP contribution in [0.3, 0.4) is 0 Å². The average molecular weight is 415 g/mol. The lowest BCUT2D eigenvalue weighted by Gasteiger charge is -2.18. The van der Waals surface area contributed by atoms with Gasteiger partial charge in [-0.2, -0.15) is 10.5 Å². The van der Waals surface area contributed by atoms with Crippen LogP contribution in [0.5, 0.6) is 5.75 Å². The number of phenolic OH excluding ortho intramolecular Hbond substituents is 1. The third-order valence-electron chi connectivity index (χ3n) is 4.93. The molecule has 31 heavy (non-hydrogen) atoms. The van der Waals surface area contributed by atoms with Gasteiger partial charge in [-0.1, -0.05) is 24.3 Å². The molecule has 3 aromatic rings. The second-order valence-electron chi connectivity index (χ2n) is 7.09. The summed E-state index contributed by atoms with van der Waals surface area (Å²) < 4.78 is 14.5. The van der Waals surface area contributed by atoms with Crippen LogP contribution in [0.25, 0.3) is 16.5 Å².